The smallest absolute Gasteiger partial charge is 0.329 e. The minimum absolute atomic E-state index is 0.00894. The number of nitrogens with one attached hydrogen (secondary N) is 3. The van der Waals surface area contributed by atoms with E-state index in [0.29, 0.717) is 12.2 Å². The van der Waals surface area contributed by atoms with Gasteiger partial charge in [0.05, 0.1) is 18.1 Å². The number of carbonyl (C=O) groups excluding carboxylic acids is 1. The summed E-state index contributed by atoms with van der Waals surface area (Å²) in [6, 6.07) is 10.9. The number of halogens is 1. The third-order valence-corrected chi connectivity index (χ3v) is 6.63. The van der Waals surface area contributed by atoms with Crippen LogP contribution in [-0.2, 0) is 16.4 Å². The average molecular weight is 442 g/mol. The Balaban J connectivity index is 1.48. The van der Waals surface area contributed by atoms with Crippen LogP contribution in [0.15, 0.2) is 45.3 Å². The van der Waals surface area contributed by atoms with Gasteiger partial charge in [-0.2, -0.15) is 0 Å². The fraction of sp³-hybridized carbons (Fsp3) is 0.353. The number of hydrazine groups is 1. The molecule has 2 aromatic rings. The van der Waals surface area contributed by atoms with E-state index in [-0.39, 0.29) is 18.1 Å². The molecule has 0 aliphatic carbocycles. The Morgan fingerprint density at radius 3 is 2.62 bits per heavy atom. The summed E-state index contributed by atoms with van der Waals surface area (Å²) in [6.07, 6.45) is 0.463. The van der Waals surface area contributed by atoms with Gasteiger partial charge in [0.25, 0.3) is 0 Å². The maximum atomic E-state index is 11.9. The highest BCUT2D eigenvalue weighted by Crippen LogP contribution is 2.24. The molecule has 1 atom stereocenters. The minimum Gasteiger partial charge on any atom is -0.459 e. The van der Waals surface area contributed by atoms with Crippen molar-refractivity contribution < 1.29 is 17.6 Å². The molecule has 2 amide bonds. The topological polar surface area (TPSA) is 100 Å². The van der Waals surface area contributed by atoms with Gasteiger partial charge in [0, 0.05) is 15.6 Å². The van der Waals surface area contributed by atoms with Gasteiger partial charge in [-0.1, -0.05) is 28.1 Å². The van der Waals surface area contributed by atoms with Gasteiger partial charge in [0.1, 0.15) is 11.5 Å². The largest absolute Gasteiger partial charge is 0.459 e. The molecule has 1 aliphatic heterocycles. The Bertz CT molecular complexity index is 895. The number of rotatable bonds is 5. The average Bonchev–Trinajstić information content (AvgIpc) is 3.16. The standard InChI is InChI=1S/C17H20BrN3O4S/c1-17(8-9-26(23,24)11-17)21-20-16(22)19-10-14-6-7-15(25-14)12-2-4-13(18)5-3-12/h2-7,21H,8-11H2,1H3,(H2,19,20,22). The van der Waals surface area contributed by atoms with Crippen molar-refractivity contribution in [2.24, 2.45) is 0 Å². The highest BCUT2D eigenvalue weighted by Gasteiger charge is 2.38. The quantitative estimate of drug-likeness (QED) is 0.619. The number of amides is 2. The van der Waals surface area contributed by atoms with E-state index in [1.54, 1.807) is 13.0 Å². The summed E-state index contributed by atoms with van der Waals surface area (Å²) >= 11 is 3.39. The first-order valence-corrected chi connectivity index (χ1v) is 10.7. The number of furan rings is 1. The predicted octanol–water partition coefficient (Wildman–Crippen LogP) is 2.59. The van der Waals surface area contributed by atoms with E-state index in [0.717, 1.165) is 15.8 Å². The molecule has 0 bridgehead atoms. The van der Waals surface area contributed by atoms with Crippen molar-refractivity contribution >= 4 is 31.8 Å². The monoisotopic (exact) mass is 441 g/mol. The van der Waals surface area contributed by atoms with Crippen LogP contribution in [0.2, 0.25) is 0 Å². The summed E-state index contributed by atoms with van der Waals surface area (Å²) in [4.78, 5) is 11.9. The van der Waals surface area contributed by atoms with Crippen LogP contribution in [0.4, 0.5) is 4.79 Å². The van der Waals surface area contributed by atoms with Crippen LogP contribution in [0.25, 0.3) is 11.3 Å². The summed E-state index contributed by atoms with van der Waals surface area (Å²) in [5.41, 5.74) is 5.62. The first-order chi connectivity index (χ1) is 12.2. The van der Waals surface area contributed by atoms with Gasteiger partial charge < -0.3 is 9.73 Å². The van der Waals surface area contributed by atoms with Crippen LogP contribution in [0.1, 0.15) is 19.1 Å². The van der Waals surface area contributed by atoms with Crippen LogP contribution in [-0.4, -0.2) is 31.5 Å². The summed E-state index contributed by atoms with van der Waals surface area (Å²) in [7, 11) is -3.04. The van der Waals surface area contributed by atoms with Gasteiger partial charge in [-0.15, -0.1) is 0 Å². The molecule has 26 heavy (non-hydrogen) atoms. The molecule has 2 heterocycles. The molecule has 0 spiro atoms. The van der Waals surface area contributed by atoms with Crippen LogP contribution in [0, 0.1) is 0 Å². The molecule has 1 aromatic heterocycles. The molecule has 7 nitrogen and oxygen atoms in total. The van der Waals surface area contributed by atoms with E-state index in [1.807, 2.05) is 30.3 Å². The molecule has 140 valence electrons. The van der Waals surface area contributed by atoms with Gasteiger partial charge in [-0.25, -0.2) is 18.6 Å². The molecule has 1 fully saturated rings. The van der Waals surface area contributed by atoms with Crippen LogP contribution in [0.3, 0.4) is 0 Å². The normalized spacial score (nSPS) is 21.5. The number of urea groups is 1. The maximum absolute atomic E-state index is 11.9. The Morgan fingerprint density at radius 2 is 1.96 bits per heavy atom. The Kier molecular flexibility index (Phi) is 5.40. The van der Waals surface area contributed by atoms with Crippen LogP contribution >= 0.6 is 15.9 Å². The highest BCUT2D eigenvalue weighted by molar-refractivity contribution is 9.10. The molecular weight excluding hydrogens is 422 g/mol. The van der Waals surface area contributed by atoms with E-state index >= 15 is 0 Å². The predicted molar refractivity (Wildman–Crippen MR) is 102 cm³/mol. The molecule has 1 aromatic carbocycles. The zero-order valence-electron chi connectivity index (χ0n) is 14.2. The Hall–Kier alpha value is -1.84. The summed E-state index contributed by atoms with van der Waals surface area (Å²) in [6.45, 7) is 1.99. The molecule has 3 N–H and O–H groups in total. The zero-order chi connectivity index (χ0) is 18.8. The third kappa shape index (κ3) is 4.87. The molecular formula is C17H20BrN3O4S. The number of carbonyl (C=O) groups is 1. The molecule has 9 heteroatoms. The van der Waals surface area contributed by atoms with Crippen molar-refractivity contribution in [1.29, 1.82) is 0 Å². The summed E-state index contributed by atoms with van der Waals surface area (Å²) in [5.74, 6) is 1.48. The molecule has 1 unspecified atom stereocenters. The number of sulfone groups is 1. The summed E-state index contributed by atoms with van der Waals surface area (Å²) in [5, 5.41) is 2.67. The van der Waals surface area contributed by atoms with E-state index in [1.165, 1.54) is 0 Å². The lowest BCUT2D eigenvalue weighted by Crippen LogP contribution is -2.55. The first kappa shape index (κ1) is 18.9. The molecule has 1 saturated heterocycles. The number of benzene rings is 1. The van der Waals surface area contributed by atoms with Crippen molar-refractivity contribution in [3.63, 3.8) is 0 Å². The van der Waals surface area contributed by atoms with Crippen molar-refractivity contribution in [1.82, 2.24) is 16.2 Å². The molecule has 3 rings (SSSR count). The zero-order valence-corrected chi connectivity index (χ0v) is 16.6. The lowest BCUT2D eigenvalue weighted by Gasteiger charge is -2.24. The lowest BCUT2D eigenvalue weighted by atomic mass is 10.0. The molecule has 1 aliphatic rings. The minimum atomic E-state index is -3.04. The van der Waals surface area contributed by atoms with E-state index in [2.05, 4.69) is 32.1 Å². The Morgan fingerprint density at radius 1 is 1.23 bits per heavy atom. The van der Waals surface area contributed by atoms with Crippen LogP contribution in [0.5, 0.6) is 0 Å². The fourth-order valence-electron chi connectivity index (χ4n) is 2.77. The lowest BCUT2D eigenvalue weighted by molar-refractivity contribution is 0.226. The second-order valence-electron chi connectivity index (χ2n) is 6.61. The molecule has 0 saturated carbocycles. The van der Waals surface area contributed by atoms with E-state index < -0.39 is 21.4 Å². The number of hydrogen-bond acceptors (Lipinski definition) is 5. The summed E-state index contributed by atoms with van der Waals surface area (Å²) < 4.78 is 29.8. The fourth-order valence-corrected chi connectivity index (χ4v) is 5.13. The second kappa shape index (κ2) is 7.42. The van der Waals surface area contributed by atoms with Gasteiger partial charge in [-0.3, -0.25) is 5.43 Å². The highest BCUT2D eigenvalue weighted by atomic mass is 79.9. The maximum Gasteiger partial charge on any atom is 0.329 e. The van der Waals surface area contributed by atoms with Crippen molar-refractivity contribution in [3.8, 4) is 11.3 Å². The van der Waals surface area contributed by atoms with Gasteiger partial charge in [0.2, 0.25) is 0 Å². The molecule has 0 radical (unpaired) electrons. The number of hydrogen-bond donors (Lipinski definition) is 3. The van der Waals surface area contributed by atoms with Crippen LogP contribution < -0.4 is 16.2 Å². The van der Waals surface area contributed by atoms with E-state index in [9.17, 15) is 13.2 Å². The van der Waals surface area contributed by atoms with E-state index in [4.69, 9.17) is 4.42 Å². The van der Waals surface area contributed by atoms with Crippen molar-refractivity contribution in [3.05, 3.63) is 46.6 Å². The Labute approximate surface area is 160 Å². The van der Waals surface area contributed by atoms with Gasteiger partial charge in [0.15, 0.2) is 9.84 Å². The van der Waals surface area contributed by atoms with Crippen molar-refractivity contribution in [2.75, 3.05) is 11.5 Å². The third-order valence-electron chi connectivity index (χ3n) is 4.19. The SMILES string of the molecule is CC1(NNC(=O)NCc2ccc(-c3ccc(Br)cc3)o2)CCS(=O)(=O)C1. The van der Waals surface area contributed by atoms with Gasteiger partial charge in [-0.05, 0) is 37.6 Å². The first-order valence-electron chi connectivity index (χ1n) is 8.11. The van der Waals surface area contributed by atoms with Crippen molar-refractivity contribution in [2.45, 2.75) is 25.4 Å². The van der Waals surface area contributed by atoms with Gasteiger partial charge >= 0.3 is 6.03 Å². The second-order valence-corrected chi connectivity index (χ2v) is 9.71.